The van der Waals surface area contributed by atoms with E-state index >= 15 is 0 Å². The molecule has 1 rings (SSSR count). The summed E-state index contributed by atoms with van der Waals surface area (Å²) in [6, 6.07) is -0.874. The Morgan fingerprint density at radius 1 is 1.03 bits per heavy atom. The van der Waals surface area contributed by atoms with Crippen LogP contribution in [0.3, 0.4) is 0 Å². The lowest BCUT2D eigenvalue weighted by Gasteiger charge is -2.30. The van der Waals surface area contributed by atoms with Gasteiger partial charge in [-0.25, -0.2) is 14.4 Å². The maximum Gasteiger partial charge on any atom is 0.348 e. The SMILES string of the molecule is CCCCCCCC=C(C)C(O)C(C)C(=O)N1CCCC1C(=O)OC(C(=O)OC(C)C(=O)O)C(C)CC. The monoisotopic (exact) mass is 525 g/mol. The first-order valence-corrected chi connectivity index (χ1v) is 13.7. The molecule has 9 nitrogen and oxygen atoms in total. The van der Waals surface area contributed by atoms with Crippen LogP contribution in [0.1, 0.15) is 99.3 Å². The smallest absolute Gasteiger partial charge is 0.348 e. The number of amides is 1. The van der Waals surface area contributed by atoms with Gasteiger partial charge in [-0.3, -0.25) is 4.79 Å². The number of carboxylic acid groups (broad SMARTS) is 1. The lowest BCUT2D eigenvalue weighted by Crippen LogP contribution is -2.48. The molecule has 0 aromatic heterocycles. The van der Waals surface area contributed by atoms with Crippen LogP contribution >= 0.6 is 0 Å². The maximum atomic E-state index is 13.3. The number of aliphatic hydroxyl groups excluding tert-OH is 1. The molecule has 0 aromatic rings. The van der Waals surface area contributed by atoms with Gasteiger partial charge in [-0.2, -0.15) is 0 Å². The highest BCUT2D eigenvalue weighted by molar-refractivity contribution is 5.88. The number of carboxylic acids is 1. The summed E-state index contributed by atoms with van der Waals surface area (Å²) < 4.78 is 10.5. The lowest BCUT2D eigenvalue weighted by molar-refractivity contribution is -0.181. The topological polar surface area (TPSA) is 130 Å². The van der Waals surface area contributed by atoms with E-state index in [-0.39, 0.29) is 5.91 Å². The van der Waals surface area contributed by atoms with Crippen molar-refractivity contribution in [3.63, 3.8) is 0 Å². The van der Waals surface area contributed by atoms with E-state index in [1.165, 1.54) is 31.1 Å². The van der Waals surface area contributed by atoms with Crippen molar-refractivity contribution in [2.45, 2.75) is 124 Å². The fourth-order valence-corrected chi connectivity index (χ4v) is 4.37. The van der Waals surface area contributed by atoms with Crippen molar-refractivity contribution in [3.05, 3.63) is 11.6 Å². The summed E-state index contributed by atoms with van der Waals surface area (Å²) in [7, 11) is 0. The number of aliphatic hydroxyl groups is 1. The Bertz CT molecular complexity index is 795. The van der Waals surface area contributed by atoms with Gasteiger partial charge in [0.05, 0.1) is 12.0 Å². The van der Waals surface area contributed by atoms with Crippen LogP contribution < -0.4 is 0 Å². The molecule has 6 unspecified atom stereocenters. The van der Waals surface area contributed by atoms with Crippen LogP contribution in [-0.4, -0.2) is 69.8 Å². The van der Waals surface area contributed by atoms with E-state index < -0.39 is 54.1 Å². The number of ether oxygens (including phenoxy) is 2. The number of unbranched alkanes of at least 4 members (excludes halogenated alkanes) is 5. The molecule has 1 saturated heterocycles. The quantitative estimate of drug-likeness (QED) is 0.174. The molecule has 0 spiro atoms. The molecule has 9 heteroatoms. The van der Waals surface area contributed by atoms with Gasteiger partial charge in [-0.05, 0) is 51.5 Å². The van der Waals surface area contributed by atoms with E-state index in [0.717, 1.165) is 24.8 Å². The second kappa shape index (κ2) is 16.4. The second-order valence-electron chi connectivity index (χ2n) is 10.2. The largest absolute Gasteiger partial charge is 0.479 e. The summed E-state index contributed by atoms with van der Waals surface area (Å²) in [6.07, 6.45) is 6.47. The molecule has 212 valence electrons. The molecule has 0 bridgehead atoms. The van der Waals surface area contributed by atoms with Crippen molar-refractivity contribution >= 4 is 23.8 Å². The number of aliphatic carboxylic acids is 1. The lowest BCUT2D eigenvalue weighted by atomic mass is 9.95. The summed E-state index contributed by atoms with van der Waals surface area (Å²) in [4.78, 5) is 51.4. The van der Waals surface area contributed by atoms with Gasteiger partial charge in [0.1, 0.15) is 6.04 Å². The Kier molecular flexibility index (Phi) is 14.5. The minimum absolute atomic E-state index is 0.343. The number of rotatable bonds is 16. The third-order valence-corrected chi connectivity index (χ3v) is 7.19. The number of allylic oxidation sites excluding steroid dienone is 1. The third-order valence-electron chi connectivity index (χ3n) is 7.19. The number of hydrogen-bond donors (Lipinski definition) is 2. The molecule has 1 heterocycles. The Labute approximate surface area is 221 Å². The highest BCUT2D eigenvalue weighted by atomic mass is 16.6. The van der Waals surface area contributed by atoms with Crippen LogP contribution in [0, 0.1) is 11.8 Å². The normalized spacial score (nSPS) is 20.0. The fourth-order valence-electron chi connectivity index (χ4n) is 4.37. The Balaban J connectivity index is 2.83. The van der Waals surface area contributed by atoms with Crippen LogP contribution in [0.5, 0.6) is 0 Å². The first kappa shape index (κ1) is 32.6. The summed E-state index contributed by atoms with van der Waals surface area (Å²) in [5.41, 5.74) is 0.738. The molecule has 0 aromatic carbocycles. The van der Waals surface area contributed by atoms with E-state index in [4.69, 9.17) is 14.6 Å². The van der Waals surface area contributed by atoms with Gasteiger partial charge in [0.25, 0.3) is 0 Å². The van der Waals surface area contributed by atoms with Crippen LogP contribution in [-0.2, 0) is 28.7 Å². The second-order valence-corrected chi connectivity index (χ2v) is 10.2. The van der Waals surface area contributed by atoms with E-state index in [1.807, 2.05) is 19.9 Å². The molecule has 0 aliphatic carbocycles. The number of hydrogen-bond acceptors (Lipinski definition) is 7. The van der Waals surface area contributed by atoms with Crippen LogP contribution in [0.15, 0.2) is 11.6 Å². The number of nitrogens with zero attached hydrogens (tertiary/aromatic N) is 1. The molecule has 1 aliphatic heterocycles. The van der Waals surface area contributed by atoms with Crippen LogP contribution in [0.25, 0.3) is 0 Å². The zero-order chi connectivity index (χ0) is 28.1. The standard InChI is InChI=1S/C28H47NO8/c1-7-9-10-11-12-13-15-19(4)23(30)20(5)25(31)29-17-14-16-22(29)27(34)37-24(18(3)8-2)28(35)36-21(6)26(32)33/h15,18,20-24,30H,7-14,16-17H2,1-6H3,(H,32,33). The molecular weight excluding hydrogens is 478 g/mol. The summed E-state index contributed by atoms with van der Waals surface area (Å²) in [5, 5.41) is 19.8. The fraction of sp³-hybridized carbons (Fsp3) is 0.786. The minimum atomic E-state index is -1.38. The third kappa shape index (κ3) is 10.1. The van der Waals surface area contributed by atoms with Gasteiger partial charge in [-0.15, -0.1) is 0 Å². The van der Waals surface area contributed by atoms with E-state index in [2.05, 4.69) is 6.92 Å². The van der Waals surface area contributed by atoms with E-state index in [1.54, 1.807) is 13.8 Å². The predicted octanol–water partition coefficient (Wildman–Crippen LogP) is 4.26. The Morgan fingerprint density at radius 3 is 2.27 bits per heavy atom. The van der Waals surface area contributed by atoms with E-state index in [0.29, 0.717) is 25.8 Å². The van der Waals surface area contributed by atoms with Crippen molar-refractivity contribution in [1.29, 1.82) is 0 Å². The molecule has 37 heavy (non-hydrogen) atoms. The molecule has 2 N–H and O–H groups in total. The Hall–Kier alpha value is -2.42. The summed E-state index contributed by atoms with van der Waals surface area (Å²) in [5.74, 6) is -4.44. The van der Waals surface area contributed by atoms with Crippen LogP contribution in [0.2, 0.25) is 0 Å². The van der Waals surface area contributed by atoms with Crippen molar-refractivity contribution in [2.75, 3.05) is 6.54 Å². The molecule has 1 aliphatic rings. The van der Waals surface area contributed by atoms with Crippen molar-refractivity contribution in [1.82, 2.24) is 4.90 Å². The van der Waals surface area contributed by atoms with Gasteiger partial charge in [0, 0.05) is 12.5 Å². The zero-order valence-corrected chi connectivity index (χ0v) is 23.4. The van der Waals surface area contributed by atoms with Gasteiger partial charge < -0.3 is 24.6 Å². The zero-order valence-electron chi connectivity index (χ0n) is 23.4. The Morgan fingerprint density at radius 2 is 1.68 bits per heavy atom. The highest BCUT2D eigenvalue weighted by Crippen LogP contribution is 2.26. The van der Waals surface area contributed by atoms with Gasteiger partial charge in [0.2, 0.25) is 12.0 Å². The minimum Gasteiger partial charge on any atom is -0.479 e. The average molecular weight is 526 g/mol. The van der Waals surface area contributed by atoms with Gasteiger partial charge in [-0.1, -0.05) is 59.5 Å². The molecule has 6 atom stereocenters. The van der Waals surface area contributed by atoms with Crippen LogP contribution in [0.4, 0.5) is 0 Å². The summed E-state index contributed by atoms with van der Waals surface area (Å²) in [6.45, 7) is 10.7. The maximum absolute atomic E-state index is 13.3. The molecule has 0 radical (unpaired) electrons. The van der Waals surface area contributed by atoms with Gasteiger partial charge >= 0.3 is 17.9 Å². The van der Waals surface area contributed by atoms with Crippen molar-refractivity contribution in [2.24, 2.45) is 11.8 Å². The number of likely N-dealkylation sites (tertiary alicyclic amines) is 1. The predicted molar refractivity (Wildman–Crippen MR) is 140 cm³/mol. The number of esters is 2. The van der Waals surface area contributed by atoms with Gasteiger partial charge in [0.15, 0.2) is 6.10 Å². The molecule has 1 amide bonds. The average Bonchev–Trinajstić information content (AvgIpc) is 3.37. The first-order chi connectivity index (χ1) is 17.5. The molecular formula is C28H47NO8. The van der Waals surface area contributed by atoms with E-state index in [9.17, 15) is 24.3 Å². The highest BCUT2D eigenvalue weighted by Gasteiger charge is 2.41. The first-order valence-electron chi connectivity index (χ1n) is 13.7. The molecule has 0 saturated carbocycles. The summed E-state index contributed by atoms with van der Waals surface area (Å²) >= 11 is 0. The number of carbonyl (C=O) groups is 4. The number of carbonyl (C=O) groups excluding carboxylic acids is 3. The van der Waals surface area contributed by atoms with Crippen molar-refractivity contribution in [3.8, 4) is 0 Å². The van der Waals surface area contributed by atoms with Crippen molar-refractivity contribution < 1.29 is 38.9 Å². The molecule has 1 fully saturated rings.